The van der Waals surface area contributed by atoms with Crippen molar-refractivity contribution in [1.29, 1.82) is 0 Å². The van der Waals surface area contributed by atoms with Crippen LogP contribution in [0.5, 0.6) is 0 Å². The molecule has 0 saturated carbocycles. The summed E-state index contributed by atoms with van der Waals surface area (Å²) in [5, 5.41) is 4.97. The quantitative estimate of drug-likeness (QED) is 0.752. The van der Waals surface area contributed by atoms with Gasteiger partial charge < -0.3 is 9.88 Å². The van der Waals surface area contributed by atoms with Crippen molar-refractivity contribution in [1.82, 2.24) is 14.5 Å². The van der Waals surface area contributed by atoms with E-state index in [2.05, 4.69) is 15.3 Å². The van der Waals surface area contributed by atoms with Crippen molar-refractivity contribution < 1.29 is 9.18 Å². The molecule has 0 aliphatic rings. The number of imidazole rings is 1. The van der Waals surface area contributed by atoms with Gasteiger partial charge in [-0.1, -0.05) is 12.1 Å². The fourth-order valence-electron chi connectivity index (χ4n) is 2.15. The summed E-state index contributed by atoms with van der Waals surface area (Å²) in [5.41, 5.74) is 0.964. The van der Waals surface area contributed by atoms with Crippen molar-refractivity contribution in [3.63, 3.8) is 0 Å². The molecule has 7 heteroatoms. The third-order valence-corrected chi connectivity index (χ3v) is 4.04. The number of carbonyl (C=O) groups excluding carboxylic acids is 1. The summed E-state index contributed by atoms with van der Waals surface area (Å²) >= 11 is 1.29. The minimum atomic E-state index is -0.323. The number of amides is 1. The summed E-state index contributed by atoms with van der Waals surface area (Å²) in [4.78, 5) is 20.1. The molecule has 0 saturated heterocycles. The minimum absolute atomic E-state index is 0.0976. The number of aryl methyl sites for hydroxylation is 1. The number of hydrogen-bond donors (Lipinski definition) is 1. The molecule has 0 aliphatic heterocycles. The van der Waals surface area contributed by atoms with Crippen LogP contribution in [0.1, 0.15) is 12.8 Å². The summed E-state index contributed by atoms with van der Waals surface area (Å²) < 4.78 is 15.6. The highest BCUT2D eigenvalue weighted by molar-refractivity contribution is 7.14. The van der Waals surface area contributed by atoms with Crippen molar-refractivity contribution in [2.24, 2.45) is 0 Å². The van der Waals surface area contributed by atoms with E-state index in [1.54, 1.807) is 36.1 Å². The van der Waals surface area contributed by atoms with Crippen molar-refractivity contribution in [3.8, 4) is 11.3 Å². The third kappa shape index (κ3) is 4.01. The standard InChI is InChI=1S/C16H15FN4OS/c17-13-5-2-1-4-12(13)14-10-23-16(19-14)20-15(22)6-3-8-21-9-7-18-11-21/h1-2,4-5,7,9-11H,3,6,8H2,(H,19,20,22). The molecule has 3 aromatic rings. The van der Waals surface area contributed by atoms with E-state index in [4.69, 9.17) is 0 Å². The number of halogens is 1. The topological polar surface area (TPSA) is 59.8 Å². The lowest BCUT2D eigenvalue weighted by Gasteiger charge is -2.03. The van der Waals surface area contributed by atoms with E-state index in [-0.39, 0.29) is 11.7 Å². The monoisotopic (exact) mass is 330 g/mol. The van der Waals surface area contributed by atoms with Gasteiger partial charge in [0.2, 0.25) is 5.91 Å². The number of nitrogens with one attached hydrogen (secondary N) is 1. The summed E-state index contributed by atoms with van der Waals surface area (Å²) in [6.07, 6.45) is 6.40. The second-order valence-corrected chi connectivity index (χ2v) is 5.83. The fourth-order valence-corrected chi connectivity index (χ4v) is 2.87. The number of benzene rings is 1. The number of nitrogens with zero attached hydrogens (tertiary/aromatic N) is 3. The van der Waals surface area contributed by atoms with Crippen LogP contribution in [-0.2, 0) is 11.3 Å². The molecular weight excluding hydrogens is 315 g/mol. The van der Waals surface area contributed by atoms with Gasteiger partial charge in [-0.05, 0) is 18.6 Å². The average Bonchev–Trinajstić information content (AvgIpc) is 3.20. The molecule has 0 unspecified atom stereocenters. The number of aromatic nitrogens is 3. The molecule has 0 aliphatic carbocycles. The van der Waals surface area contributed by atoms with Gasteiger partial charge in [-0.3, -0.25) is 4.79 Å². The molecule has 5 nitrogen and oxygen atoms in total. The van der Waals surface area contributed by atoms with E-state index in [1.807, 2.05) is 10.8 Å². The van der Waals surface area contributed by atoms with Gasteiger partial charge in [-0.15, -0.1) is 11.3 Å². The zero-order chi connectivity index (χ0) is 16.1. The molecule has 0 spiro atoms. The maximum Gasteiger partial charge on any atom is 0.226 e. The van der Waals surface area contributed by atoms with Gasteiger partial charge in [0.1, 0.15) is 5.82 Å². The van der Waals surface area contributed by atoms with Crippen LogP contribution in [-0.4, -0.2) is 20.4 Å². The lowest BCUT2D eigenvalue weighted by Crippen LogP contribution is -2.12. The van der Waals surface area contributed by atoms with Gasteiger partial charge in [-0.25, -0.2) is 14.4 Å². The maximum absolute atomic E-state index is 13.7. The molecule has 1 amide bonds. The molecule has 23 heavy (non-hydrogen) atoms. The molecule has 2 aromatic heterocycles. The van der Waals surface area contributed by atoms with Crippen LogP contribution in [0.25, 0.3) is 11.3 Å². The Hall–Kier alpha value is -2.54. The SMILES string of the molecule is O=C(CCCn1ccnc1)Nc1nc(-c2ccccc2F)cs1. The third-order valence-electron chi connectivity index (χ3n) is 3.28. The Morgan fingerprint density at radius 2 is 2.22 bits per heavy atom. The molecule has 2 heterocycles. The average molecular weight is 330 g/mol. The minimum Gasteiger partial charge on any atom is -0.337 e. The largest absolute Gasteiger partial charge is 0.337 e. The highest BCUT2D eigenvalue weighted by atomic mass is 32.1. The zero-order valence-corrected chi connectivity index (χ0v) is 13.1. The normalized spacial score (nSPS) is 10.7. The van der Waals surface area contributed by atoms with Crippen LogP contribution in [0.2, 0.25) is 0 Å². The van der Waals surface area contributed by atoms with Crippen LogP contribution in [0, 0.1) is 5.82 Å². The van der Waals surface area contributed by atoms with Crippen LogP contribution in [0.15, 0.2) is 48.4 Å². The molecule has 0 radical (unpaired) electrons. The predicted octanol–water partition coefficient (Wildman–Crippen LogP) is 3.56. The second-order valence-electron chi connectivity index (χ2n) is 4.97. The first-order chi connectivity index (χ1) is 11.2. The fraction of sp³-hybridized carbons (Fsp3) is 0.188. The van der Waals surface area contributed by atoms with E-state index in [0.29, 0.717) is 29.2 Å². The van der Waals surface area contributed by atoms with Gasteiger partial charge in [0.05, 0.1) is 12.0 Å². The van der Waals surface area contributed by atoms with Gasteiger partial charge >= 0.3 is 0 Å². The molecule has 0 atom stereocenters. The Balaban J connectivity index is 1.54. The number of hydrogen-bond acceptors (Lipinski definition) is 4. The van der Waals surface area contributed by atoms with E-state index in [1.165, 1.54) is 17.4 Å². The van der Waals surface area contributed by atoms with Crippen molar-refractivity contribution >= 4 is 22.4 Å². The molecule has 118 valence electrons. The van der Waals surface area contributed by atoms with E-state index < -0.39 is 0 Å². The van der Waals surface area contributed by atoms with E-state index >= 15 is 0 Å². The van der Waals surface area contributed by atoms with Gasteiger partial charge in [0.25, 0.3) is 0 Å². The van der Waals surface area contributed by atoms with Gasteiger partial charge in [-0.2, -0.15) is 0 Å². The Morgan fingerprint density at radius 3 is 3.00 bits per heavy atom. The smallest absolute Gasteiger partial charge is 0.226 e. The molecular formula is C16H15FN4OS. The van der Waals surface area contributed by atoms with Gasteiger partial charge in [0.15, 0.2) is 5.13 Å². The summed E-state index contributed by atoms with van der Waals surface area (Å²) in [7, 11) is 0. The molecule has 3 rings (SSSR count). The molecule has 0 fully saturated rings. The molecule has 1 N–H and O–H groups in total. The van der Waals surface area contributed by atoms with Crippen LogP contribution >= 0.6 is 11.3 Å². The van der Waals surface area contributed by atoms with Crippen LogP contribution in [0.4, 0.5) is 9.52 Å². The number of carbonyl (C=O) groups is 1. The Bertz CT molecular complexity index is 785. The van der Waals surface area contributed by atoms with Crippen molar-refractivity contribution in [3.05, 3.63) is 54.2 Å². The maximum atomic E-state index is 13.7. The molecule has 0 bridgehead atoms. The van der Waals surface area contributed by atoms with Crippen molar-refractivity contribution in [2.45, 2.75) is 19.4 Å². The number of anilines is 1. The summed E-state index contributed by atoms with van der Waals surface area (Å²) in [6.45, 7) is 0.742. The number of thiazole rings is 1. The van der Waals surface area contributed by atoms with Crippen molar-refractivity contribution in [2.75, 3.05) is 5.32 Å². The summed E-state index contributed by atoms with van der Waals surface area (Å²) in [6, 6.07) is 6.45. The second kappa shape index (κ2) is 7.15. The van der Waals surface area contributed by atoms with E-state index in [9.17, 15) is 9.18 Å². The summed E-state index contributed by atoms with van der Waals surface area (Å²) in [5.74, 6) is -0.421. The van der Waals surface area contributed by atoms with Crippen LogP contribution < -0.4 is 5.32 Å². The zero-order valence-electron chi connectivity index (χ0n) is 12.3. The van der Waals surface area contributed by atoms with E-state index in [0.717, 1.165) is 6.54 Å². The predicted molar refractivity (Wildman–Crippen MR) is 87.6 cm³/mol. The lowest BCUT2D eigenvalue weighted by atomic mass is 10.2. The first kappa shape index (κ1) is 15.4. The first-order valence-corrected chi connectivity index (χ1v) is 8.06. The lowest BCUT2D eigenvalue weighted by molar-refractivity contribution is -0.116. The Kier molecular flexibility index (Phi) is 4.77. The van der Waals surface area contributed by atoms with Gasteiger partial charge in [0, 0.05) is 36.3 Å². The highest BCUT2D eigenvalue weighted by Crippen LogP contribution is 2.26. The first-order valence-electron chi connectivity index (χ1n) is 7.18. The Labute approximate surface area is 136 Å². The Morgan fingerprint density at radius 1 is 1.35 bits per heavy atom. The highest BCUT2D eigenvalue weighted by Gasteiger charge is 2.10. The van der Waals surface area contributed by atoms with Crippen LogP contribution in [0.3, 0.4) is 0 Å². The number of rotatable bonds is 6. The molecule has 1 aromatic carbocycles.